The normalized spacial score (nSPS) is 17.2. The van der Waals surface area contributed by atoms with Crippen LogP contribution in [0, 0.1) is 0 Å². The van der Waals surface area contributed by atoms with Gasteiger partial charge in [0, 0.05) is 11.3 Å². The number of ketones is 1. The maximum absolute atomic E-state index is 13.2. The first-order valence-corrected chi connectivity index (χ1v) is 10.1. The largest absolute Gasteiger partial charge is 0.507 e. The highest BCUT2D eigenvalue weighted by Crippen LogP contribution is 2.42. The average molecular weight is 443 g/mol. The van der Waals surface area contributed by atoms with Crippen molar-refractivity contribution in [2.24, 2.45) is 0 Å². The lowest BCUT2D eigenvalue weighted by molar-refractivity contribution is -0.132. The van der Waals surface area contributed by atoms with E-state index in [9.17, 15) is 19.5 Å². The smallest absolute Gasteiger partial charge is 0.337 e. The Bertz CT molecular complexity index is 1250. The zero-order chi connectivity index (χ0) is 23.5. The van der Waals surface area contributed by atoms with E-state index in [1.807, 2.05) is 0 Å². The van der Waals surface area contributed by atoms with Gasteiger partial charge in [0.15, 0.2) is 0 Å². The summed E-state index contributed by atoms with van der Waals surface area (Å²) in [5.74, 6) is -1.83. The van der Waals surface area contributed by atoms with E-state index in [0.717, 1.165) is 0 Å². The number of aliphatic hydroxyl groups is 1. The van der Waals surface area contributed by atoms with E-state index >= 15 is 0 Å². The van der Waals surface area contributed by atoms with Gasteiger partial charge in [0.05, 0.1) is 31.4 Å². The second kappa shape index (κ2) is 9.00. The Kier molecular flexibility index (Phi) is 5.95. The van der Waals surface area contributed by atoms with E-state index < -0.39 is 23.7 Å². The molecule has 1 unspecified atom stereocenters. The summed E-state index contributed by atoms with van der Waals surface area (Å²) in [6.45, 7) is 0. The molecule has 1 aliphatic heterocycles. The number of anilines is 1. The lowest BCUT2D eigenvalue weighted by atomic mass is 9.95. The SMILES string of the molecule is COC(=O)c1ccc(N2C(=O)C(=O)/C(=C(/O)c3ccccc3)C2c2cccc(OC)c2)cc1. The van der Waals surface area contributed by atoms with Crippen LogP contribution >= 0.6 is 0 Å². The van der Waals surface area contributed by atoms with Crippen LogP contribution in [0.2, 0.25) is 0 Å². The van der Waals surface area contributed by atoms with Crippen molar-refractivity contribution in [3.05, 3.63) is 101 Å². The van der Waals surface area contributed by atoms with Gasteiger partial charge in [-0.15, -0.1) is 0 Å². The number of carbonyl (C=O) groups is 3. The summed E-state index contributed by atoms with van der Waals surface area (Å²) < 4.78 is 10.1. The molecule has 0 spiro atoms. The summed E-state index contributed by atoms with van der Waals surface area (Å²) in [7, 11) is 2.80. The topological polar surface area (TPSA) is 93.1 Å². The molecule has 4 rings (SSSR count). The monoisotopic (exact) mass is 443 g/mol. The number of nitrogens with zero attached hydrogens (tertiary/aromatic N) is 1. The molecular formula is C26H21NO6. The van der Waals surface area contributed by atoms with Gasteiger partial charge in [-0.3, -0.25) is 14.5 Å². The molecular weight excluding hydrogens is 422 g/mol. The second-order valence-electron chi connectivity index (χ2n) is 7.35. The standard InChI is InChI=1S/C26H21NO6/c1-32-20-10-6-9-18(15-20)22-21(23(28)16-7-4-3-5-8-16)24(29)25(30)27(22)19-13-11-17(12-14-19)26(31)33-2/h3-15,22,28H,1-2H3/b23-21+. The Hall–Kier alpha value is -4.39. The number of benzene rings is 3. The van der Waals surface area contributed by atoms with Crippen LogP contribution in [0.5, 0.6) is 5.75 Å². The molecule has 166 valence electrons. The molecule has 1 amide bonds. The first-order chi connectivity index (χ1) is 16.0. The van der Waals surface area contributed by atoms with Crippen LogP contribution in [0.15, 0.2) is 84.4 Å². The Morgan fingerprint density at radius 2 is 1.58 bits per heavy atom. The molecule has 1 fully saturated rings. The van der Waals surface area contributed by atoms with Crippen LogP contribution in [0.1, 0.15) is 27.5 Å². The van der Waals surface area contributed by atoms with Gasteiger partial charge in [-0.05, 0) is 42.0 Å². The van der Waals surface area contributed by atoms with Crippen molar-refractivity contribution in [3.63, 3.8) is 0 Å². The van der Waals surface area contributed by atoms with E-state index in [1.165, 1.54) is 31.3 Å². The Labute approximate surface area is 190 Å². The third-order valence-corrected chi connectivity index (χ3v) is 5.47. The fourth-order valence-corrected chi connectivity index (χ4v) is 3.85. The van der Waals surface area contributed by atoms with Crippen molar-refractivity contribution in [2.45, 2.75) is 6.04 Å². The molecule has 1 saturated heterocycles. The fourth-order valence-electron chi connectivity index (χ4n) is 3.85. The molecule has 7 heteroatoms. The van der Waals surface area contributed by atoms with Gasteiger partial charge in [0.2, 0.25) is 0 Å². The minimum Gasteiger partial charge on any atom is -0.507 e. The lowest BCUT2D eigenvalue weighted by Gasteiger charge is -2.26. The van der Waals surface area contributed by atoms with Crippen molar-refractivity contribution in [2.75, 3.05) is 19.1 Å². The van der Waals surface area contributed by atoms with Crippen molar-refractivity contribution in [1.29, 1.82) is 0 Å². The molecule has 33 heavy (non-hydrogen) atoms. The highest BCUT2D eigenvalue weighted by Gasteiger charge is 2.47. The summed E-state index contributed by atoms with van der Waals surface area (Å²) in [5, 5.41) is 11.1. The van der Waals surface area contributed by atoms with Crippen LogP contribution in [0.4, 0.5) is 5.69 Å². The molecule has 1 aliphatic rings. The first kappa shape index (κ1) is 21.8. The number of rotatable bonds is 5. The number of carbonyl (C=O) groups excluding carboxylic acids is 3. The molecule has 1 heterocycles. The number of ether oxygens (including phenoxy) is 2. The van der Waals surface area contributed by atoms with Gasteiger partial charge >= 0.3 is 5.97 Å². The number of hydrogen-bond donors (Lipinski definition) is 1. The average Bonchev–Trinajstić information content (AvgIpc) is 3.14. The third kappa shape index (κ3) is 3.96. The van der Waals surface area contributed by atoms with E-state index in [2.05, 4.69) is 0 Å². The molecule has 0 saturated carbocycles. The number of amides is 1. The Morgan fingerprint density at radius 1 is 0.879 bits per heavy atom. The maximum atomic E-state index is 13.2. The van der Waals surface area contributed by atoms with E-state index in [1.54, 1.807) is 66.7 Å². The number of methoxy groups -OCH3 is 2. The molecule has 0 radical (unpaired) electrons. The van der Waals surface area contributed by atoms with E-state index in [4.69, 9.17) is 9.47 Å². The quantitative estimate of drug-likeness (QED) is 0.276. The molecule has 3 aromatic carbocycles. The zero-order valence-electron chi connectivity index (χ0n) is 18.0. The summed E-state index contributed by atoms with van der Waals surface area (Å²) in [4.78, 5) is 39.4. The predicted molar refractivity (Wildman–Crippen MR) is 122 cm³/mol. The second-order valence-corrected chi connectivity index (χ2v) is 7.35. The van der Waals surface area contributed by atoms with Gasteiger partial charge in [-0.1, -0.05) is 42.5 Å². The predicted octanol–water partition coefficient (Wildman–Crippen LogP) is 4.11. The number of esters is 1. The first-order valence-electron chi connectivity index (χ1n) is 10.1. The van der Waals surface area contributed by atoms with Gasteiger partial charge in [-0.25, -0.2) is 4.79 Å². The highest BCUT2D eigenvalue weighted by molar-refractivity contribution is 6.51. The van der Waals surface area contributed by atoms with Crippen LogP contribution in [-0.4, -0.2) is 37.0 Å². The summed E-state index contributed by atoms with van der Waals surface area (Å²) in [6.07, 6.45) is 0. The molecule has 0 bridgehead atoms. The van der Waals surface area contributed by atoms with Crippen molar-refractivity contribution in [1.82, 2.24) is 0 Å². The molecule has 1 N–H and O–H groups in total. The third-order valence-electron chi connectivity index (χ3n) is 5.47. The van der Waals surface area contributed by atoms with Crippen molar-refractivity contribution in [3.8, 4) is 5.75 Å². The molecule has 3 aromatic rings. The van der Waals surface area contributed by atoms with Crippen LogP contribution in [0.3, 0.4) is 0 Å². The summed E-state index contributed by atoms with van der Waals surface area (Å²) >= 11 is 0. The molecule has 7 nitrogen and oxygen atoms in total. The maximum Gasteiger partial charge on any atom is 0.337 e. The van der Waals surface area contributed by atoms with E-state index in [0.29, 0.717) is 28.1 Å². The highest BCUT2D eigenvalue weighted by atomic mass is 16.5. The number of aliphatic hydroxyl groups excluding tert-OH is 1. The molecule has 1 atom stereocenters. The minimum atomic E-state index is -0.899. The number of Topliss-reactive ketones (excluding diaryl/α,β-unsaturated/α-hetero) is 1. The van der Waals surface area contributed by atoms with Gasteiger partial charge < -0.3 is 14.6 Å². The van der Waals surface area contributed by atoms with Crippen LogP contribution in [-0.2, 0) is 14.3 Å². The summed E-state index contributed by atoms with van der Waals surface area (Å²) in [5.41, 5.74) is 1.67. The van der Waals surface area contributed by atoms with E-state index in [-0.39, 0.29) is 11.3 Å². The lowest BCUT2D eigenvalue weighted by Crippen LogP contribution is -2.29. The minimum absolute atomic E-state index is 0.0310. The summed E-state index contributed by atoms with van der Waals surface area (Å²) in [6, 6.07) is 20.8. The molecule has 0 aliphatic carbocycles. The number of hydrogen-bond acceptors (Lipinski definition) is 6. The Balaban J connectivity index is 1.90. The van der Waals surface area contributed by atoms with Crippen molar-refractivity contribution < 1.29 is 29.0 Å². The van der Waals surface area contributed by atoms with Gasteiger partial charge in [0.1, 0.15) is 11.5 Å². The molecule has 0 aromatic heterocycles. The van der Waals surface area contributed by atoms with Crippen molar-refractivity contribution >= 4 is 29.1 Å². The van der Waals surface area contributed by atoms with Crippen LogP contribution < -0.4 is 9.64 Å². The fraction of sp³-hybridized carbons (Fsp3) is 0.115. The van der Waals surface area contributed by atoms with Crippen LogP contribution in [0.25, 0.3) is 5.76 Å². The van der Waals surface area contributed by atoms with Gasteiger partial charge in [-0.2, -0.15) is 0 Å². The van der Waals surface area contributed by atoms with Gasteiger partial charge in [0.25, 0.3) is 11.7 Å². The Morgan fingerprint density at radius 3 is 2.21 bits per heavy atom. The zero-order valence-corrected chi connectivity index (χ0v) is 18.0.